The fourth-order valence-corrected chi connectivity index (χ4v) is 1.70. The van der Waals surface area contributed by atoms with Crippen molar-refractivity contribution in [3.05, 3.63) is 72.4 Å². The summed E-state index contributed by atoms with van der Waals surface area (Å²) in [4.78, 5) is 0. The monoisotopic (exact) mass is 228 g/mol. The molecule has 0 amide bonds. The smallest absolute Gasteiger partial charge is 0.101 e. The summed E-state index contributed by atoms with van der Waals surface area (Å²) in [5, 5.41) is 4.50. The Morgan fingerprint density at radius 1 is 0.750 bits per heavy atom. The minimum Gasteiger partial charge on any atom is -0.429 e. The molecule has 1 heterocycles. The summed E-state index contributed by atoms with van der Waals surface area (Å²) < 4.78 is 4.72. The summed E-state index contributed by atoms with van der Waals surface area (Å²) in [7, 11) is 0. The Morgan fingerprint density at radius 3 is 1.56 bits per heavy atom. The van der Waals surface area contributed by atoms with Crippen LogP contribution < -0.4 is 0 Å². The van der Waals surface area contributed by atoms with Crippen LogP contribution in [-0.2, 0) is 4.18 Å². The maximum absolute atomic E-state index is 4.72. The van der Waals surface area contributed by atoms with Crippen LogP contribution in [0.3, 0.4) is 0 Å². The van der Waals surface area contributed by atoms with E-state index in [4.69, 9.17) is 4.18 Å². The summed E-state index contributed by atoms with van der Waals surface area (Å²) in [5.74, 6) is 0. The lowest BCUT2D eigenvalue weighted by Crippen LogP contribution is -1.67. The molecule has 16 heavy (non-hydrogen) atoms. The van der Waals surface area contributed by atoms with Crippen LogP contribution in [0.4, 0.5) is 0 Å². The van der Waals surface area contributed by atoms with E-state index in [9.17, 15) is 0 Å². The van der Waals surface area contributed by atoms with Crippen molar-refractivity contribution in [1.82, 2.24) is 0 Å². The molecule has 1 nitrogen and oxygen atoms in total. The molecule has 1 aliphatic rings. The van der Waals surface area contributed by atoms with E-state index in [-0.39, 0.29) is 0 Å². The van der Waals surface area contributed by atoms with Gasteiger partial charge in [-0.15, -0.1) is 0 Å². The Bertz CT molecular complexity index is 425. The van der Waals surface area contributed by atoms with Crippen LogP contribution in [-0.4, -0.2) is 0 Å². The Morgan fingerprint density at radius 2 is 1.31 bits per heavy atom. The average Bonchev–Trinajstić information content (AvgIpc) is 2.42. The second-order valence-electron chi connectivity index (χ2n) is 3.20. The second-order valence-corrected chi connectivity index (χ2v) is 3.85. The topological polar surface area (TPSA) is 9.23 Å². The molecular formula is C14H12OS. The van der Waals surface area contributed by atoms with Gasteiger partial charge in [-0.25, -0.2) is 0 Å². The maximum atomic E-state index is 4.72. The molecular weight excluding hydrogens is 216 g/mol. The second kappa shape index (κ2) is 6.03. The minimum atomic E-state index is 1.31. The van der Waals surface area contributed by atoms with Gasteiger partial charge in [0.1, 0.15) is 6.26 Å². The Kier molecular flexibility index (Phi) is 4.08. The predicted octanol–water partition coefficient (Wildman–Crippen LogP) is 4.53. The molecule has 0 saturated heterocycles. The zero-order valence-corrected chi connectivity index (χ0v) is 9.56. The molecule has 2 heteroatoms. The van der Waals surface area contributed by atoms with Crippen molar-refractivity contribution >= 4 is 22.8 Å². The van der Waals surface area contributed by atoms with Crippen LogP contribution in [0.2, 0.25) is 0 Å². The highest BCUT2D eigenvalue weighted by atomic mass is 32.2. The van der Waals surface area contributed by atoms with Gasteiger partial charge in [0, 0.05) is 5.41 Å². The van der Waals surface area contributed by atoms with Crippen molar-refractivity contribution in [2.75, 3.05) is 0 Å². The average molecular weight is 228 g/mol. The standard InChI is InChI=1S/C10H8.C4H4OS/c1-2-6-10-8-4-3-7-9(10)5-1;1-2-4-6-5-3-1/h1-8H;1-4H. The molecule has 80 valence electrons. The van der Waals surface area contributed by atoms with Crippen molar-refractivity contribution in [1.29, 1.82) is 0 Å². The van der Waals surface area contributed by atoms with Gasteiger partial charge in [0.15, 0.2) is 0 Å². The van der Waals surface area contributed by atoms with Gasteiger partial charge in [-0.3, -0.25) is 0 Å². The first kappa shape index (κ1) is 10.8. The number of rotatable bonds is 0. The summed E-state index contributed by atoms with van der Waals surface area (Å²) in [6, 6.07) is 16.7. The molecule has 0 radical (unpaired) electrons. The highest BCUT2D eigenvalue weighted by Gasteiger charge is 1.85. The first-order valence-corrected chi connectivity index (χ1v) is 5.85. The number of fused-ring (bicyclic) bond motifs is 1. The molecule has 0 N–H and O–H groups in total. The summed E-state index contributed by atoms with van der Waals surface area (Å²) >= 11 is 1.33. The van der Waals surface area contributed by atoms with Gasteiger partial charge in [-0.1, -0.05) is 48.5 Å². The van der Waals surface area contributed by atoms with Crippen molar-refractivity contribution in [2.45, 2.75) is 0 Å². The van der Waals surface area contributed by atoms with E-state index in [1.807, 2.05) is 17.6 Å². The normalized spacial score (nSPS) is 12.8. The van der Waals surface area contributed by atoms with Crippen LogP contribution >= 0.6 is 12.0 Å². The van der Waals surface area contributed by atoms with Gasteiger partial charge in [0.25, 0.3) is 0 Å². The van der Waals surface area contributed by atoms with Gasteiger partial charge in [0.05, 0.1) is 12.0 Å². The Hall–Kier alpha value is -1.67. The van der Waals surface area contributed by atoms with Crippen LogP contribution in [0, 0.1) is 0 Å². The molecule has 0 aliphatic carbocycles. The zero-order valence-electron chi connectivity index (χ0n) is 8.74. The van der Waals surface area contributed by atoms with Crippen LogP contribution in [0.1, 0.15) is 0 Å². The predicted molar refractivity (Wildman–Crippen MR) is 70.9 cm³/mol. The molecule has 0 saturated carbocycles. The minimum absolute atomic E-state index is 1.31. The fourth-order valence-electron chi connectivity index (χ4n) is 1.35. The third-order valence-corrected chi connectivity index (χ3v) is 2.58. The molecule has 0 unspecified atom stereocenters. The Balaban J connectivity index is 0.000000138. The Labute approximate surface area is 99.6 Å². The zero-order chi connectivity index (χ0) is 11.1. The highest BCUT2D eigenvalue weighted by Crippen LogP contribution is 2.11. The first-order valence-electron chi connectivity index (χ1n) is 5.04. The molecule has 2 aromatic carbocycles. The van der Waals surface area contributed by atoms with E-state index in [2.05, 4.69) is 48.5 Å². The van der Waals surface area contributed by atoms with E-state index < -0.39 is 0 Å². The quantitative estimate of drug-likeness (QED) is 0.612. The van der Waals surface area contributed by atoms with Gasteiger partial charge < -0.3 is 4.18 Å². The molecule has 0 aromatic heterocycles. The molecule has 0 fully saturated rings. The van der Waals surface area contributed by atoms with Crippen molar-refractivity contribution in [3.63, 3.8) is 0 Å². The highest BCUT2D eigenvalue weighted by molar-refractivity contribution is 7.97. The van der Waals surface area contributed by atoms with Crippen LogP contribution in [0.5, 0.6) is 0 Å². The molecule has 0 atom stereocenters. The van der Waals surface area contributed by atoms with Crippen LogP contribution in [0.15, 0.2) is 72.4 Å². The lowest BCUT2D eigenvalue weighted by atomic mass is 10.1. The van der Waals surface area contributed by atoms with E-state index in [0.29, 0.717) is 0 Å². The number of hydrogen-bond donors (Lipinski definition) is 0. The third-order valence-electron chi connectivity index (χ3n) is 2.09. The van der Waals surface area contributed by atoms with E-state index in [1.54, 1.807) is 6.26 Å². The summed E-state index contributed by atoms with van der Waals surface area (Å²) in [5.41, 5.74) is 0. The third kappa shape index (κ3) is 3.17. The van der Waals surface area contributed by atoms with Crippen molar-refractivity contribution in [3.8, 4) is 0 Å². The van der Waals surface area contributed by atoms with E-state index in [1.165, 1.54) is 22.8 Å². The lowest BCUT2D eigenvalue weighted by molar-refractivity contribution is 0.569. The molecule has 3 rings (SSSR count). The van der Waals surface area contributed by atoms with Gasteiger partial charge in [0.2, 0.25) is 0 Å². The summed E-state index contributed by atoms with van der Waals surface area (Å²) in [6.45, 7) is 0. The molecule has 1 aliphatic heterocycles. The number of benzene rings is 2. The van der Waals surface area contributed by atoms with Crippen molar-refractivity contribution < 1.29 is 4.18 Å². The molecule has 0 spiro atoms. The van der Waals surface area contributed by atoms with Gasteiger partial charge >= 0.3 is 0 Å². The lowest BCUT2D eigenvalue weighted by Gasteiger charge is -1.92. The maximum Gasteiger partial charge on any atom is 0.101 e. The van der Waals surface area contributed by atoms with E-state index in [0.717, 1.165) is 0 Å². The molecule has 2 aromatic rings. The fraction of sp³-hybridized carbons (Fsp3) is 0. The van der Waals surface area contributed by atoms with Crippen LogP contribution in [0.25, 0.3) is 10.8 Å². The number of hydrogen-bond acceptors (Lipinski definition) is 2. The summed E-state index contributed by atoms with van der Waals surface area (Å²) in [6.07, 6.45) is 5.41. The van der Waals surface area contributed by atoms with Gasteiger partial charge in [-0.2, -0.15) is 0 Å². The van der Waals surface area contributed by atoms with Gasteiger partial charge in [-0.05, 0) is 22.9 Å². The number of allylic oxidation sites excluding steroid dienone is 2. The first-order chi connectivity index (χ1) is 7.97. The SMILES string of the molecule is C1=COSC=C1.c1ccc2ccccc2c1. The van der Waals surface area contributed by atoms with Crippen molar-refractivity contribution in [2.24, 2.45) is 0 Å². The largest absolute Gasteiger partial charge is 0.429 e. The van der Waals surface area contributed by atoms with E-state index >= 15 is 0 Å². The molecule has 0 bridgehead atoms.